The minimum Gasteiger partial charge on any atom is -0.465 e. The zero-order valence-corrected chi connectivity index (χ0v) is 27.3. The molecule has 0 saturated carbocycles. The maximum absolute atomic E-state index is 13.1. The molecule has 0 atom stereocenters. The third-order valence-corrected chi connectivity index (χ3v) is 8.01. The van der Waals surface area contributed by atoms with E-state index in [2.05, 4.69) is 45.4 Å². The van der Waals surface area contributed by atoms with Crippen LogP contribution in [0.1, 0.15) is 26.3 Å². The number of nitrogens with one attached hydrogen (secondary N) is 2. The Morgan fingerprint density at radius 1 is 0.667 bits per heavy atom. The van der Waals surface area contributed by atoms with Gasteiger partial charge in [0.1, 0.15) is 11.6 Å². The first-order valence-corrected chi connectivity index (χ1v) is 15.6. The van der Waals surface area contributed by atoms with Gasteiger partial charge >= 0.3 is 11.9 Å². The first-order chi connectivity index (χ1) is 21.7. The van der Waals surface area contributed by atoms with Crippen LogP contribution in [0.4, 0.5) is 31.5 Å². The van der Waals surface area contributed by atoms with E-state index in [-0.39, 0.29) is 11.6 Å². The van der Waals surface area contributed by atoms with Crippen LogP contribution < -0.4 is 10.6 Å². The molecule has 0 amide bonds. The van der Waals surface area contributed by atoms with Gasteiger partial charge in [-0.25, -0.2) is 18.4 Å². The summed E-state index contributed by atoms with van der Waals surface area (Å²) in [5.74, 6) is -0.624. The number of carbonyl (C=O) groups excluding carboxylic acids is 2. The number of halogens is 3. The molecule has 0 bridgehead atoms. The van der Waals surface area contributed by atoms with Crippen molar-refractivity contribution in [2.24, 2.45) is 0 Å². The molecular weight excluding hydrogens is 709 g/mol. The molecule has 0 radical (unpaired) electrons. The van der Waals surface area contributed by atoms with Crippen LogP contribution in [0.2, 0.25) is 0 Å². The van der Waals surface area contributed by atoms with Gasteiger partial charge in [0.25, 0.3) is 0 Å². The highest BCUT2D eigenvalue weighted by Crippen LogP contribution is 2.30. The van der Waals surface area contributed by atoms with Gasteiger partial charge in [-0.1, -0.05) is 30.3 Å². The number of rotatable bonds is 9. The third kappa shape index (κ3) is 10.0. The van der Waals surface area contributed by atoms with Gasteiger partial charge in [0, 0.05) is 25.6 Å². The fraction of sp³-hybridized carbons (Fsp3) is 0.0857. The van der Waals surface area contributed by atoms with E-state index in [9.17, 15) is 18.4 Å². The summed E-state index contributed by atoms with van der Waals surface area (Å²) in [5, 5.41) is 6.26. The van der Waals surface area contributed by atoms with E-state index >= 15 is 0 Å². The van der Waals surface area contributed by atoms with E-state index in [1.54, 1.807) is 48.2 Å². The smallest absolute Gasteiger partial charge is 0.339 e. The SMILES string of the molecule is COC(=O)c1ccc(I)cc1Nc1ccc(F)cc1.COC(=O)c1ccc(SCc2ccccc2)cc1Nc1ccc(F)cc1. The molecule has 5 aromatic rings. The van der Waals surface area contributed by atoms with Crippen molar-refractivity contribution in [1.29, 1.82) is 0 Å². The Morgan fingerprint density at radius 2 is 1.16 bits per heavy atom. The third-order valence-electron chi connectivity index (χ3n) is 6.28. The first-order valence-electron chi connectivity index (χ1n) is 13.6. The second kappa shape index (κ2) is 16.6. The Hall–Kier alpha value is -4.42. The number of benzene rings is 5. The van der Waals surface area contributed by atoms with Crippen LogP contribution >= 0.6 is 34.4 Å². The molecule has 0 aromatic heterocycles. The highest BCUT2D eigenvalue weighted by atomic mass is 127. The second-order valence-corrected chi connectivity index (χ2v) is 11.7. The molecule has 0 aliphatic heterocycles. The Balaban J connectivity index is 0.000000215. The van der Waals surface area contributed by atoms with E-state index < -0.39 is 11.9 Å². The zero-order chi connectivity index (χ0) is 32.2. The second-order valence-electron chi connectivity index (χ2n) is 9.42. The van der Waals surface area contributed by atoms with Crippen molar-refractivity contribution in [2.75, 3.05) is 24.9 Å². The van der Waals surface area contributed by atoms with Crippen LogP contribution in [0.5, 0.6) is 0 Å². The van der Waals surface area contributed by atoms with E-state index in [1.807, 2.05) is 42.5 Å². The van der Waals surface area contributed by atoms with Gasteiger partial charge < -0.3 is 20.1 Å². The number of anilines is 4. The topological polar surface area (TPSA) is 76.7 Å². The maximum Gasteiger partial charge on any atom is 0.339 e. The summed E-state index contributed by atoms with van der Waals surface area (Å²) < 4.78 is 36.5. The molecule has 45 heavy (non-hydrogen) atoms. The summed E-state index contributed by atoms with van der Waals surface area (Å²) in [4.78, 5) is 24.7. The lowest BCUT2D eigenvalue weighted by molar-refractivity contribution is 0.0593. The molecule has 230 valence electrons. The van der Waals surface area contributed by atoms with Gasteiger partial charge in [0.15, 0.2) is 0 Å². The van der Waals surface area contributed by atoms with Crippen molar-refractivity contribution in [3.8, 4) is 0 Å². The van der Waals surface area contributed by atoms with Gasteiger partial charge in [-0.05, 0) is 113 Å². The molecule has 0 aliphatic rings. The molecule has 0 saturated heterocycles. The van der Waals surface area contributed by atoms with E-state index in [0.29, 0.717) is 33.9 Å². The van der Waals surface area contributed by atoms with Gasteiger partial charge in [0.05, 0.1) is 36.7 Å². The monoisotopic (exact) mass is 738 g/mol. The average Bonchev–Trinajstić information content (AvgIpc) is 3.06. The number of ether oxygens (including phenoxy) is 2. The fourth-order valence-corrected chi connectivity index (χ4v) is 5.41. The molecule has 5 rings (SSSR count). The van der Waals surface area contributed by atoms with Gasteiger partial charge in [-0.2, -0.15) is 0 Å². The van der Waals surface area contributed by atoms with Crippen LogP contribution in [0.25, 0.3) is 0 Å². The lowest BCUT2D eigenvalue weighted by Crippen LogP contribution is -2.06. The summed E-state index contributed by atoms with van der Waals surface area (Å²) in [6.45, 7) is 0. The summed E-state index contributed by atoms with van der Waals surface area (Å²) in [6, 6.07) is 33.0. The predicted octanol–water partition coefficient (Wildman–Crippen LogP) is 9.61. The largest absolute Gasteiger partial charge is 0.465 e. The van der Waals surface area contributed by atoms with Crippen LogP contribution in [0, 0.1) is 15.2 Å². The summed E-state index contributed by atoms with van der Waals surface area (Å²) in [6.07, 6.45) is 0. The van der Waals surface area contributed by atoms with E-state index in [1.165, 1.54) is 44.0 Å². The normalized spacial score (nSPS) is 10.2. The molecule has 0 fully saturated rings. The van der Waals surface area contributed by atoms with Crippen molar-refractivity contribution in [3.05, 3.63) is 147 Å². The Kier molecular flexibility index (Phi) is 12.3. The quantitative estimate of drug-likeness (QED) is 0.0887. The number of thioether (sulfide) groups is 1. The maximum atomic E-state index is 13.1. The molecule has 0 unspecified atom stereocenters. The predicted molar refractivity (Wildman–Crippen MR) is 184 cm³/mol. The van der Waals surface area contributed by atoms with Crippen molar-refractivity contribution in [3.63, 3.8) is 0 Å². The van der Waals surface area contributed by atoms with Crippen molar-refractivity contribution >= 4 is 69.0 Å². The van der Waals surface area contributed by atoms with Crippen molar-refractivity contribution in [1.82, 2.24) is 0 Å². The molecule has 10 heteroatoms. The number of esters is 2. The van der Waals surface area contributed by atoms with Gasteiger partial charge in [-0.3, -0.25) is 0 Å². The Bertz CT molecular complexity index is 1740. The molecule has 2 N–H and O–H groups in total. The number of methoxy groups -OCH3 is 2. The fourth-order valence-electron chi connectivity index (χ4n) is 4.03. The van der Waals surface area contributed by atoms with Gasteiger partial charge in [0.2, 0.25) is 0 Å². The molecule has 0 heterocycles. The minimum absolute atomic E-state index is 0.304. The van der Waals surface area contributed by atoms with E-state index in [0.717, 1.165) is 14.2 Å². The van der Waals surface area contributed by atoms with Crippen LogP contribution in [-0.2, 0) is 15.2 Å². The molecular formula is C35H29F2IN2O4S. The van der Waals surface area contributed by atoms with Gasteiger partial charge in [-0.15, -0.1) is 11.8 Å². The average molecular weight is 739 g/mol. The zero-order valence-electron chi connectivity index (χ0n) is 24.4. The van der Waals surface area contributed by atoms with Crippen LogP contribution in [-0.4, -0.2) is 26.2 Å². The first kappa shape index (κ1) is 33.5. The number of hydrogen-bond donors (Lipinski definition) is 2. The molecule has 0 spiro atoms. The van der Waals surface area contributed by atoms with E-state index in [4.69, 9.17) is 9.47 Å². The highest BCUT2D eigenvalue weighted by molar-refractivity contribution is 14.1. The van der Waals surface area contributed by atoms with Crippen LogP contribution in [0.3, 0.4) is 0 Å². The van der Waals surface area contributed by atoms with Crippen LogP contribution in [0.15, 0.2) is 120 Å². The summed E-state index contributed by atoms with van der Waals surface area (Å²) in [7, 11) is 2.68. The molecule has 0 aliphatic carbocycles. The highest BCUT2D eigenvalue weighted by Gasteiger charge is 2.14. The van der Waals surface area contributed by atoms with Crippen molar-refractivity contribution in [2.45, 2.75) is 10.6 Å². The molecule has 6 nitrogen and oxygen atoms in total. The Labute approximate surface area is 278 Å². The lowest BCUT2D eigenvalue weighted by Gasteiger charge is -2.13. The molecule has 5 aromatic carbocycles. The number of carbonyl (C=O) groups is 2. The standard InChI is InChI=1S/C21H18FNO2S.C14H11FINO2/c1-25-21(24)19-12-11-18(26-14-15-5-3-2-4-6-15)13-20(19)23-17-9-7-16(22)8-10-17;1-19-14(18)12-7-4-10(16)8-13(12)17-11-5-2-9(15)3-6-11/h2-13,23H,14H2,1H3;2-8,17H,1H3. The van der Waals surface area contributed by atoms with Crippen molar-refractivity contribution < 1.29 is 27.8 Å². The lowest BCUT2D eigenvalue weighted by atomic mass is 10.1. The summed E-state index contributed by atoms with van der Waals surface area (Å²) in [5.41, 5.74) is 4.75. The minimum atomic E-state index is -0.422. The Morgan fingerprint density at radius 3 is 1.67 bits per heavy atom. The number of hydrogen-bond acceptors (Lipinski definition) is 7. The summed E-state index contributed by atoms with van der Waals surface area (Å²) >= 11 is 3.83.